The van der Waals surface area contributed by atoms with Gasteiger partial charge in [0.15, 0.2) is 0 Å². The second-order valence-corrected chi connectivity index (χ2v) is 10.1. The van der Waals surface area contributed by atoms with E-state index in [9.17, 15) is 18.0 Å². The number of fused-ring (bicyclic) bond motifs is 1. The minimum atomic E-state index is -3.34. The maximum absolute atomic E-state index is 12.9. The van der Waals surface area contributed by atoms with Crippen molar-refractivity contribution in [1.29, 1.82) is 0 Å². The number of amides is 1. The standard InChI is InChI=1S/C21H26N4O4S/c1-14(15-6-4-3-5-7-15)21(27)24-10-8-16(12-24)19-22-18-13-25(30(2,28)29)11-9-17(18)20(26)23-19/h3-7,14,16H,8-13H2,1-2H3,(H,22,23,26)/t14-,16+/m1/s1. The summed E-state index contributed by atoms with van der Waals surface area (Å²) in [4.78, 5) is 34.8. The molecule has 2 aliphatic heterocycles. The molecule has 1 N–H and O–H groups in total. The van der Waals surface area contributed by atoms with E-state index < -0.39 is 10.0 Å². The first-order chi connectivity index (χ1) is 14.2. The summed E-state index contributed by atoms with van der Waals surface area (Å²) in [6.07, 6.45) is 2.24. The van der Waals surface area contributed by atoms with E-state index in [0.717, 1.165) is 5.56 Å². The van der Waals surface area contributed by atoms with Crippen molar-refractivity contribution in [2.45, 2.75) is 38.1 Å². The Bertz CT molecular complexity index is 1110. The average Bonchev–Trinajstić information content (AvgIpc) is 3.22. The van der Waals surface area contributed by atoms with E-state index in [0.29, 0.717) is 49.6 Å². The Morgan fingerprint density at radius 2 is 1.97 bits per heavy atom. The quantitative estimate of drug-likeness (QED) is 0.785. The number of nitrogens with one attached hydrogen (secondary N) is 1. The van der Waals surface area contributed by atoms with Gasteiger partial charge in [-0.25, -0.2) is 13.4 Å². The van der Waals surface area contributed by atoms with E-state index >= 15 is 0 Å². The zero-order chi connectivity index (χ0) is 21.5. The van der Waals surface area contributed by atoms with Crippen molar-refractivity contribution < 1.29 is 13.2 Å². The zero-order valence-electron chi connectivity index (χ0n) is 17.2. The zero-order valence-corrected chi connectivity index (χ0v) is 18.0. The van der Waals surface area contributed by atoms with Crippen LogP contribution < -0.4 is 5.56 Å². The second kappa shape index (κ2) is 7.96. The molecule has 1 aromatic heterocycles. The first-order valence-corrected chi connectivity index (χ1v) is 12.0. The summed E-state index contributed by atoms with van der Waals surface area (Å²) in [6.45, 7) is 3.42. The molecule has 0 bridgehead atoms. The highest BCUT2D eigenvalue weighted by molar-refractivity contribution is 7.88. The Kier molecular flexibility index (Phi) is 5.50. The molecule has 2 aliphatic rings. The van der Waals surface area contributed by atoms with Gasteiger partial charge in [0.2, 0.25) is 15.9 Å². The predicted octanol–water partition coefficient (Wildman–Crippen LogP) is 1.21. The summed E-state index contributed by atoms with van der Waals surface area (Å²) in [7, 11) is -3.34. The van der Waals surface area contributed by atoms with Crippen LogP contribution in [0.1, 0.15) is 47.8 Å². The summed E-state index contributed by atoms with van der Waals surface area (Å²) in [5.41, 5.74) is 1.85. The van der Waals surface area contributed by atoms with Crippen molar-refractivity contribution in [3.8, 4) is 0 Å². The molecule has 160 valence electrons. The number of H-pyrrole nitrogens is 1. The average molecular weight is 431 g/mol. The van der Waals surface area contributed by atoms with E-state index in [2.05, 4.69) is 9.97 Å². The molecule has 0 aliphatic carbocycles. The predicted molar refractivity (Wildman–Crippen MR) is 113 cm³/mol. The normalized spacial score (nSPS) is 20.7. The van der Waals surface area contributed by atoms with Crippen LogP contribution in [0.25, 0.3) is 0 Å². The van der Waals surface area contributed by atoms with Gasteiger partial charge in [0.05, 0.1) is 24.4 Å². The van der Waals surface area contributed by atoms with Gasteiger partial charge in [0.25, 0.3) is 5.56 Å². The minimum absolute atomic E-state index is 0.0623. The van der Waals surface area contributed by atoms with Gasteiger partial charge in [0.1, 0.15) is 5.82 Å². The number of benzene rings is 1. The number of nitrogens with zero attached hydrogens (tertiary/aromatic N) is 3. The maximum atomic E-state index is 12.9. The summed E-state index contributed by atoms with van der Waals surface area (Å²) in [5, 5.41) is 0. The Balaban J connectivity index is 1.51. The van der Waals surface area contributed by atoms with Gasteiger partial charge in [0, 0.05) is 31.1 Å². The van der Waals surface area contributed by atoms with Crippen molar-refractivity contribution in [3.63, 3.8) is 0 Å². The highest BCUT2D eigenvalue weighted by Gasteiger charge is 2.33. The number of rotatable bonds is 4. The van der Waals surface area contributed by atoms with E-state index in [4.69, 9.17) is 0 Å². The molecule has 0 unspecified atom stereocenters. The molecule has 0 spiro atoms. The molecule has 1 saturated heterocycles. The third-order valence-electron chi connectivity index (χ3n) is 6.08. The topological polar surface area (TPSA) is 103 Å². The molecule has 2 atom stereocenters. The molecule has 1 amide bonds. The smallest absolute Gasteiger partial charge is 0.254 e. The molecule has 8 nitrogen and oxygen atoms in total. The molecular formula is C21H26N4O4S. The highest BCUT2D eigenvalue weighted by atomic mass is 32.2. The summed E-state index contributed by atoms with van der Waals surface area (Å²) < 4.78 is 25.1. The van der Waals surface area contributed by atoms with E-state index in [-0.39, 0.29) is 29.8 Å². The van der Waals surface area contributed by atoms with Crippen LogP contribution >= 0.6 is 0 Å². The lowest BCUT2D eigenvalue weighted by atomic mass is 10.00. The number of likely N-dealkylation sites (tertiary alicyclic amines) is 1. The first-order valence-electron chi connectivity index (χ1n) is 10.1. The van der Waals surface area contributed by atoms with Crippen LogP contribution in [0.2, 0.25) is 0 Å². The van der Waals surface area contributed by atoms with Crippen molar-refractivity contribution in [1.82, 2.24) is 19.2 Å². The van der Waals surface area contributed by atoms with Crippen LogP contribution in [0, 0.1) is 0 Å². The van der Waals surface area contributed by atoms with Gasteiger partial charge in [-0.2, -0.15) is 4.31 Å². The molecule has 4 rings (SSSR count). The summed E-state index contributed by atoms with van der Waals surface area (Å²) in [5.74, 6) is 0.302. The third kappa shape index (κ3) is 4.04. The van der Waals surface area contributed by atoms with Crippen LogP contribution in [-0.4, -0.2) is 59.4 Å². The number of aromatic nitrogens is 2. The lowest BCUT2D eigenvalue weighted by molar-refractivity contribution is -0.131. The highest BCUT2D eigenvalue weighted by Crippen LogP contribution is 2.28. The van der Waals surface area contributed by atoms with Gasteiger partial charge in [-0.05, 0) is 25.3 Å². The fourth-order valence-corrected chi connectivity index (χ4v) is 5.03. The van der Waals surface area contributed by atoms with Gasteiger partial charge in [-0.15, -0.1) is 0 Å². The van der Waals surface area contributed by atoms with E-state index in [1.54, 1.807) is 0 Å². The van der Waals surface area contributed by atoms with Crippen molar-refractivity contribution >= 4 is 15.9 Å². The fraction of sp³-hybridized carbons (Fsp3) is 0.476. The van der Waals surface area contributed by atoms with E-state index in [1.165, 1.54) is 10.6 Å². The van der Waals surface area contributed by atoms with Crippen LogP contribution in [0.15, 0.2) is 35.1 Å². The molecular weight excluding hydrogens is 404 g/mol. The van der Waals surface area contributed by atoms with Crippen molar-refractivity contribution in [3.05, 3.63) is 63.3 Å². The maximum Gasteiger partial charge on any atom is 0.254 e. The Hall–Kier alpha value is -2.52. The molecule has 3 heterocycles. The van der Waals surface area contributed by atoms with Crippen molar-refractivity contribution in [2.24, 2.45) is 0 Å². The lowest BCUT2D eigenvalue weighted by Crippen LogP contribution is -2.39. The molecule has 1 fully saturated rings. The monoisotopic (exact) mass is 430 g/mol. The Morgan fingerprint density at radius 3 is 2.67 bits per heavy atom. The van der Waals surface area contributed by atoms with Gasteiger partial charge in [-0.3, -0.25) is 9.59 Å². The third-order valence-corrected chi connectivity index (χ3v) is 7.33. The number of hydrogen-bond acceptors (Lipinski definition) is 5. The van der Waals surface area contributed by atoms with Gasteiger partial charge in [-0.1, -0.05) is 30.3 Å². The molecule has 2 aromatic rings. The van der Waals surface area contributed by atoms with Crippen LogP contribution in [0.3, 0.4) is 0 Å². The number of carbonyl (C=O) groups is 1. The van der Waals surface area contributed by atoms with E-state index in [1.807, 2.05) is 42.2 Å². The van der Waals surface area contributed by atoms with Gasteiger partial charge >= 0.3 is 0 Å². The minimum Gasteiger partial charge on any atom is -0.341 e. The molecule has 9 heteroatoms. The molecule has 30 heavy (non-hydrogen) atoms. The fourth-order valence-electron chi connectivity index (χ4n) is 4.25. The largest absolute Gasteiger partial charge is 0.341 e. The number of aromatic amines is 1. The Labute approximate surface area is 176 Å². The summed E-state index contributed by atoms with van der Waals surface area (Å²) >= 11 is 0. The molecule has 0 radical (unpaired) electrons. The second-order valence-electron chi connectivity index (χ2n) is 8.13. The van der Waals surface area contributed by atoms with Crippen LogP contribution in [0.5, 0.6) is 0 Å². The van der Waals surface area contributed by atoms with Gasteiger partial charge < -0.3 is 9.88 Å². The number of carbonyl (C=O) groups excluding carboxylic acids is 1. The Morgan fingerprint density at radius 1 is 1.23 bits per heavy atom. The molecule has 0 saturated carbocycles. The number of hydrogen-bond donors (Lipinski definition) is 1. The SMILES string of the molecule is C[C@@H](C(=O)N1CC[C@H](c2nc3c(c(=O)[nH]2)CCN(S(C)(=O)=O)C3)C1)c1ccccc1. The van der Waals surface area contributed by atoms with Crippen molar-refractivity contribution in [2.75, 3.05) is 25.9 Å². The number of sulfonamides is 1. The first kappa shape index (κ1) is 20.7. The molecule has 1 aromatic carbocycles. The lowest BCUT2D eigenvalue weighted by Gasteiger charge is -2.26. The summed E-state index contributed by atoms with van der Waals surface area (Å²) in [6, 6.07) is 9.68. The van der Waals surface area contributed by atoms with Crippen LogP contribution in [-0.2, 0) is 27.8 Å². The van der Waals surface area contributed by atoms with Crippen LogP contribution in [0.4, 0.5) is 0 Å².